The van der Waals surface area contributed by atoms with Crippen LogP contribution in [-0.2, 0) is 0 Å². The van der Waals surface area contributed by atoms with E-state index < -0.39 is 12.2 Å². The zero-order valence-corrected chi connectivity index (χ0v) is 15.6. The van der Waals surface area contributed by atoms with E-state index in [1.807, 2.05) is 6.92 Å². The predicted molar refractivity (Wildman–Crippen MR) is 97.5 cm³/mol. The standard InChI is InChI=1S/C21H31NO3/c1-12(22-25)16-6-7-17-15-5-4-13-10-14(23)11-19(24)21(13,3)18(15)8-9-20(16,17)2/h4,6,14-15,17-19,23-25H,5,7-11H2,1-3H3/b22-12+/t14-,15+,17+,18+,19-,20-,21-/m0/s1. The molecule has 0 bridgehead atoms. The molecule has 0 aromatic carbocycles. The van der Waals surface area contributed by atoms with E-state index in [1.54, 1.807) is 0 Å². The lowest BCUT2D eigenvalue weighted by Gasteiger charge is -2.59. The number of nitrogens with zero attached hydrogens (tertiary/aromatic N) is 1. The summed E-state index contributed by atoms with van der Waals surface area (Å²) in [6.45, 7) is 6.47. The summed E-state index contributed by atoms with van der Waals surface area (Å²) in [6.07, 6.45) is 9.23. The summed E-state index contributed by atoms with van der Waals surface area (Å²) in [7, 11) is 0. The lowest BCUT2D eigenvalue weighted by Crippen LogP contribution is -2.55. The molecule has 0 unspecified atom stereocenters. The molecule has 4 aliphatic rings. The van der Waals surface area contributed by atoms with Gasteiger partial charge in [-0.2, -0.15) is 0 Å². The van der Waals surface area contributed by atoms with Crippen LogP contribution < -0.4 is 0 Å². The van der Waals surface area contributed by atoms with Crippen LogP contribution in [0.4, 0.5) is 0 Å². The summed E-state index contributed by atoms with van der Waals surface area (Å²) in [5, 5.41) is 33.7. The van der Waals surface area contributed by atoms with Gasteiger partial charge >= 0.3 is 0 Å². The molecule has 2 fully saturated rings. The van der Waals surface area contributed by atoms with Crippen molar-refractivity contribution in [2.24, 2.45) is 33.7 Å². The zero-order valence-electron chi connectivity index (χ0n) is 15.6. The third-order valence-corrected chi connectivity index (χ3v) is 8.30. The van der Waals surface area contributed by atoms with Crippen LogP contribution in [0.2, 0.25) is 0 Å². The number of aliphatic hydroxyl groups excluding tert-OH is 2. The van der Waals surface area contributed by atoms with Crippen molar-refractivity contribution in [1.82, 2.24) is 0 Å². The first-order valence-electron chi connectivity index (χ1n) is 9.77. The number of hydrogen-bond acceptors (Lipinski definition) is 4. The molecule has 138 valence electrons. The Morgan fingerprint density at radius 1 is 1.16 bits per heavy atom. The first kappa shape index (κ1) is 17.3. The van der Waals surface area contributed by atoms with Gasteiger partial charge in [0.15, 0.2) is 0 Å². The van der Waals surface area contributed by atoms with Gasteiger partial charge in [-0.05, 0) is 67.8 Å². The lowest BCUT2D eigenvalue weighted by atomic mass is 9.46. The van der Waals surface area contributed by atoms with Gasteiger partial charge in [0.1, 0.15) is 0 Å². The Morgan fingerprint density at radius 3 is 2.64 bits per heavy atom. The van der Waals surface area contributed by atoms with Crippen molar-refractivity contribution in [3.63, 3.8) is 0 Å². The largest absolute Gasteiger partial charge is 0.411 e. The molecule has 0 radical (unpaired) electrons. The van der Waals surface area contributed by atoms with Gasteiger partial charge in [0, 0.05) is 11.8 Å². The minimum absolute atomic E-state index is 0.0817. The monoisotopic (exact) mass is 345 g/mol. The van der Waals surface area contributed by atoms with Crippen LogP contribution in [0.5, 0.6) is 0 Å². The second-order valence-electron chi connectivity index (χ2n) is 9.23. The van der Waals surface area contributed by atoms with Crippen molar-refractivity contribution in [3.05, 3.63) is 23.3 Å². The molecule has 2 saturated carbocycles. The first-order chi connectivity index (χ1) is 11.8. The maximum atomic E-state index is 10.9. The van der Waals surface area contributed by atoms with Crippen LogP contribution in [0.15, 0.2) is 28.5 Å². The predicted octanol–water partition coefficient (Wildman–Crippen LogP) is 3.67. The van der Waals surface area contributed by atoms with E-state index in [9.17, 15) is 15.4 Å². The molecule has 4 heteroatoms. The smallest absolute Gasteiger partial charge is 0.0799 e. The Hall–Kier alpha value is -1.13. The molecular formula is C21H31NO3. The maximum Gasteiger partial charge on any atom is 0.0799 e. The van der Waals surface area contributed by atoms with Gasteiger partial charge in [0.05, 0.1) is 17.9 Å². The topological polar surface area (TPSA) is 73.1 Å². The molecule has 0 aromatic heterocycles. The zero-order chi connectivity index (χ0) is 18.0. The highest BCUT2D eigenvalue weighted by molar-refractivity contribution is 5.99. The minimum atomic E-state index is -0.450. The quantitative estimate of drug-likeness (QED) is 0.294. The van der Waals surface area contributed by atoms with Crippen molar-refractivity contribution in [2.45, 2.75) is 71.5 Å². The molecular weight excluding hydrogens is 314 g/mol. The van der Waals surface area contributed by atoms with Gasteiger partial charge in [-0.1, -0.05) is 36.7 Å². The Kier molecular flexibility index (Phi) is 3.93. The van der Waals surface area contributed by atoms with E-state index in [2.05, 4.69) is 31.2 Å². The Balaban J connectivity index is 1.69. The first-order valence-corrected chi connectivity index (χ1v) is 9.77. The normalized spacial score (nSPS) is 49.6. The Labute approximate surface area is 150 Å². The number of hydrogen-bond donors (Lipinski definition) is 3. The van der Waals surface area contributed by atoms with Crippen molar-refractivity contribution in [1.29, 1.82) is 0 Å². The highest BCUT2D eigenvalue weighted by Crippen LogP contribution is 2.65. The molecule has 4 aliphatic carbocycles. The maximum absolute atomic E-state index is 10.9. The van der Waals surface area contributed by atoms with E-state index in [1.165, 1.54) is 11.1 Å². The summed E-state index contributed by atoms with van der Waals surface area (Å²) in [5.74, 6) is 1.58. The Morgan fingerprint density at radius 2 is 1.92 bits per heavy atom. The number of aliphatic hydroxyl groups is 2. The molecule has 0 amide bonds. The third-order valence-electron chi connectivity index (χ3n) is 8.30. The second kappa shape index (κ2) is 5.68. The Bertz CT molecular complexity index is 666. The summed E-state index contributed by atoms with van der Waals surface area (Å²) in [5.41, 5.74) is 3.15. The van der Waals surface area contributed by atoms with E-state index in [4.69, 9.17) is 0 Å². The molecule has 3 N–H and O–H groups in total. The van der Waals surface area contributed by atoms with Crippen molar-refractivity contribution in [2.75, 3.05) is 0 Å². The van der Waals surface area contributed by atoms with Gasteiger partial charge in [-0.25, -0.2) is 0 Å². The molecule has 0 heterocycles. The van der Waals surface area contributed by atoms with Gasteiger partial charge in [0.2, 0.25) is 0 Å². The van der Waals surface area contributed by atoms with Crippen LogP contribution in [0.1, 0.15) is 59.3 Å². The molecule has 0 spiro atoms. The minimum Gasteiger partial charge on any atom is -0.411 e. The van der Waals surface area contributed by atoms with Gasteiger partial charge in [0.25, 0.3) is 0 Å². The van der Waals surface area contributed by atoms with Crippen LogP contribution in [0, 0.1) is 28.6 Å². The van der Waals surface area contributed by atoms with E-state index >= 15 is 0 Å². The molecule has 0 aromatic rings. The van der Waals surface area contributed by atoms with Gasteiger partial charge in [-0.15, -0.1) is 0 Å². The van der Waals surface area contributed by atoms with E-state index in [-0.39, 0.29) is 10.8 Å². The van der Waals surface area contributed by atoms with Crippen LogP contribution in [0.25, 0.3) is 0 Å². The summed E-state index contributed by atoms with van der Waals surface area (Å²) >= 11 is 0. The summed E-state index contributed by atoms with van der Waals surface area (Å²) in [4.78, 5) is 0. The second-order valence-corrected chi connectivity index (χ2v) is 9.23. The van der Waals surface area contributed by atoms with Crippen LogP contribution in [-0.4, -0.2) is 33.3 Å². The molecule has 4 nitrogen and oxygen atoms in total. The molecule has 0 saturated heterocycles. The van der Waals surface area contributed by atoms with Gasteiger partial charge in [-0.3, -0.25) is 0 Å². The fraction of sp³-hybridized carbons (Fsp3) is 0.762. The molecule has 0 aliphatic heterocycles. The lowest BCUT2D eigenvalue weighted by molar-refractivity contribution is -0.0959. The fourth-order valence-electron chi connectivity index (χ4n) is 6.88. The number of oxime groups is 1. The molecule has 7 atom stereocenters. The molecule has 4 rings (SSSR count). The highest BCUT2D eigenvalue weighted by atomic mass is 16.4. The van der Waals surface area contributed by atoms with Crippen LogP contribution >= 0.6 is 0 Å². The van der Waals surface area contributed by atoms with Crippen molar-refractivity contribution >= 4 is 5.71 Å². The SMILES string of the molecule is C/C(=N\O)C1=CC[C@@H]2[C@H]3CC=C4C[C@H](O)C[C@H](O)[C@]4(C)[C@@H]3CC[C@@]12C. The van der Waals surface area contributed by atoms with Crippen LogP contribution in [0.3, 0.4) is 0 Å². The van der Waals surface area contributed by atoms with E-state index in [0.29, 0.717) is 24.2 Å². The van der Waals surface area contributed by atoms with Gasteiger partial charge < -0.3 is 15.4 Å². The van der Waals surface area contributed by atoms with E-state index in [0.717, 1.165) is 37.8 Å². The van der Waals surface area contributed by atoms with Crippen molar-refractivity contribution < 1.29 is 15.4 Å². The number of rotatable bonds is 1. The molecule has 25 heavy (non-hydrogen) atoms. The number of fused-ring (bicyclic) bond motifs is 5. The fourth-order valence-corrected chi connectivity index (χ4v) is 6.88. The summed E-state index contributed by atoms with van der Waals surface area (Å²) in [6, 6.07) is 0. The summed E-state index contributed by atoms with van der Waals surface area (Å²) < 4.78 is 0. The average molecular weight is 345 g/mol. The third kappa shape index (κ3) is 2.23. The number of allylic oxidation sites excluding steroid dienone is 3. The highest BCUT2D eigenvalue weighted by Gasteiger charge is 2.59. The van der Waals surface area contributed by atoms with Crippen molar-refractivity contribution in [3.8, 4) is 0 Å². The average Bonchev–Trinajstić information content (AvgIpc) is 2.93.